The number of rotatable bonds is 5. The molecule has 2 N–H and O–H groups in total. The predicted molar refractivity (Wildman–Crippen MR) is 68.5 cm³/mol. The Labute approximate surface area is 115 Å². The number of aromatic nitrogens is 1. The van der Waals surface area contributed by atoms with Crippen molar-refractivity contribution in [1.82, 2.24) is 15.0 Å². The Balaban J connectivity index is 2.75. The van der Waals surface area contributed by atoms with Gasteiger partial charge in [-0.15, -0.1) is 0 Å². The number of pyridine rings is 1. The minimum atomic E-state index is -3.45. The molecule has 1 aromatic heterocycles. The molecule has 0 bridgehead atoms. The summed E-state index contributed by atoms with van der Waals surface area (Å²) >= 11 is 0. The van der Waals surface area contributed by atoms with E-state index in [1.807, 2.05) is 0 Å². The number of nitrogens with zero attached hydrogens (tertiary/aromatic N) is 1. The highest BCUT2D eigenvalue weighted by atomic mass is 32.2. The van der Waals surface area contributed by atoms with E-state index in [9.17, 15) is 22.0 Å². The van der Waals surface area contributed by atoms with Crippen LogP contribution in [0.15, 0.2) is 12.3 Å². The van der Waals surface area contributed by atoms with Crippen LogP contribution in [0, 0.1) is 11.8 Å². The predicted octanol–water partition coefficient (Wildman–Crippen LogP) is 0.417. The van der Waals surface area contributed by atoms with Crippen molar-refractivity contribution in [3.8, 4) is 0 Å². The monoisotopic (exact) mass is 307 g/mol. The van der Waals surface area contributed by atoms with E-state index in [0.717, 1.165) is 18.5 Å². The summed E-state index contributed by atoms with van der Waals surface area (Å²) in [5.74, 6) is -3.57. The van der Waals surface area contributed by atoms with Crippen molar-refractivity contribution in [2.75, 3.05) is 12.8 Å². The minimum Gasteiger partial charge on any atom is -0.350 e. The molecule has 1 heterocycles. The van der Waals surface area contributed by atoms with Crippen molar-refractivity contribution in [3.63, 3.8) is 0 Å². The van der Waals surface area contributed by atoms with Crippen LogP contribution in [0.25, 0.3) is 0 Å². The zero-order valence-corrected chi connectivity index (χ0v) is 12.0. The standard InChI is InChI=1S/C11H15F2N3O3S/c1-11(2,16-20(3,18)19)6-15-10(17)7-4-5-14-9(13)8(7)12/h4-5,16H,6H2,1-3H3,(H,15,17). The van der Waals surface area contributed by atoms with Gasteiger partial charge in [-0.3, -0.25) is 4.79 Å². The van der Waals surface area contributed by atoms with Crippen LogP contribution >= 0.6 is 0 Å². The second-order valence-corrected chi connectivity index (χ2v) is 6.65. The summed E-state index contributed by atoms with van der Waals surface area (Å²) in [6.07, 6.45) is 1.95. The quantitative estimate of drug-likeness (QED) is 0.772. The Morgan fingerprint density at radius 3 is 2.55 bits per heavy atom. The summed E-state index contributed by atoms with van der Waals surface area (Å²) in [6, 6.07) is 1.03. The van der Waals surface area contributed by atoms with Gasteiger partial charge in [-0.05, 0) is 19.9 Å². The highest BCUT2D eigenvalue weighted by Crippen LogP contribution is 2.09. The van der Waals surface area contributed by atoms with Gasteiger partial charge < -0.3 is 5.32 Å². The average molecular weight is 307 g/mol. The topological polar surface area (TPSA) is 88.2 Å². The highest BCUT2D eigenvalue weighted by molar-refractivity contribution is 7.88. The van der Waals surface area contributed by atoms with Gasteiger partial charge >= 0.3 is 0 Å². The smallest absolute Gasteiger partial charge is 0.254 e. The number of carbonyl (C=O) groups excluding carboxylic acids is 1. The first-order chi connectivity index (χ1) is 9.02. The van der Waals surface area contributed by atoms with Gasteiger partial charge in [0, 0.05) is 18.3 Å². The number of amides is 1. The third kappa shape index (κ3) is 4.82. The summed E-state index contributed by atoms with van der Waals surface area (Å²) < 4.78 is 50.8. The van der Waals surface area contributed by atoms with Crippen molar-refractivity contribution >= 4 is 15.9 Å². The van der Waals surface area contributed by atoms with Crippen LogP contribution in [0.2, 0.25) is 0 Å². The number of hydrogen-bond acceptors (Lipinski definition) is 4. The number of hydrogen-bond donors (Lipinski definition) is 2. The number of carbonyl (C=O) groups is 1. The summed E-state index contributed by atoms with van der Waals surface area (Å²) in [5, 5.41) is 2.33. The maximum Gasteiger partial charge on any atom is 0.254 e. The molecule has 6 nitrogen and oxygen atoms in total. The fraction of sp³-hybridized carbons (Fsp3) is 0.455. The number of halogens is 2. The lowest BCUT2D eigenvalue weighted by molar-refractivity contribution is 0.0939. The molecule has 0 atom stereocenters. The summed E-state index contributed by atoms with van der Waals surface area (Å²) in [4.78, 5) is 14.8. The second kappa shape index (κ2) is 5.80. The molecule has 0 aromatic carbocycles. The Morgan fingerprint density at radius 1 is 1.40 bits per heavy atom. The van der Waals surface area contributed by atoms with Crippen molar-refractivity contribution in [2.45, 2.75) is 19.4 Å². The third-order valence-electron chi connectivity index (χ3n) is 2.24. The second-order valence-electron chi connectivity index (χ2n) is 4.90. The van der Waals surface area contributed by atoms with Gasteiger partial charge in [-0.2, -0.15) is 4.39 Å². The molecular weight excluding hydrogens is 292 g/mol. The zero-order chi connectivity index (χ0) is 15.6. The third-order valence-corrected chi connectivity index (χ3v) is 3.17. The molecule has 112 valence electrons. The summed E-state index contributed by atoms with van der Waals surface area (Å²) in [7, 11) is -3.45. The lowest BCUT2D eigenvalue weighted by atomic mass is 10.1. The van der Waals surface area contributed by atoms with E-state index in [4.69, 9.17) is 0 Å². The maximum atomic E-state index is 13.3. The lowest BCUT2D eigenvalue weighted by Gasteiger charge is -2.25. The van der Waals surface area contributed by atoms with Crippen LogP contribution in [0.5, 0.6) is 0 Å². The van der Waals surface area contributed by atoms with Gasteiger partial charge in [0.2, 0.25) is 16.0 Å². The zero-order valence-electron chi connectivity index (χ0n) is 11.2. The van der Waals surface area contributed by atoms with E-state index in [2.05, 4.69) is 15.0 Å². The first-order valence-electron chi connectivity index (χ1n) is 5.59. The van der Waals surface area contributed by atoms with Crippen LogP contribution in [0.3, 0.4) is 0 Å². The first-order valence-corrected chi connectivity index (χ1v) is 7.48. The maximum absolute atomic E-state index is 13.3. The van der Waals surface area contributed by atoms with E-state index < -0.39 is 38.8 Å². The molecule has 0 radical (unpaired) electrons. The Hall–Kier alpha value is -1.61. The van der Waals surface area contributed by atoms with Crippen LogP contribution < -0.4 is 10.0 Å². The molecule has 0 saturated carbocycles. The van der Waals surface area contributed by atoms with Crippen LogP contribution in [-0.2, 0) is 10.0 Å². The average Bonchev–Trinajstić information content (AvgIpc) is 2.27. The number of nitrogens with one attached hydrogen (secondary N) is 2. The van der Waals surface area contributed by atoms with Gasteiger partial charge in [0.05, 0.1) is 11.8 Å². The van der Waals surface area contributed by atoms with Crippen LogP contribution in [-0.4, -0.2) is 37.6 Å². The fourth-order valence-corrected chi connectivity index (χ4v) is 2.60. The van der Waals surface area contributed by atoms with Crippen molar-refractivity contribution in [2.24, 2.45) is 0 Å². The normalized spacial score (nSPS) is 12.2. The molecule has 1 rings (SSSR count). The van der Waals surface area contributed by atoms with Crippen LogP contribution in [0.1, 0.15) is 24.2 Å². The van der Waals surface area contributed by atoms with Gasteiger partial charge in [0.15, 0.2) is 5.82 Å². The molecule has 0 unspecified atom stereocenters. The molecule has 0 aliphatic heterocycles. The van der Waals surface area contributed by atoms with Crippen molar-refractivity contribution in [1.29, 1.82) is 0 Å². The molecule has 1 aromatic rings. The van der Waals surface area contributed by atoms with Crippen molar-refractivity contribution in [3.05, 3.63) is 29.6 Å². The van der Waals surface area contributed by atoms with Gasteiger partial charge in [-0.1, -0.05) is 0 Å². The Kier molecular flexibility index (Phi) is 4.77. The fourth-order valence-electron chi connectivity index (χ4n) is 1.53. The molecule has 0 saturated heterocycles. The first kappa shape index (κ1) is 16.4. The van der Waals surface area contributed by atoms with E-state index in [1.165, 1.54) is 13.8 Å². The molecule has 0 aliphatic carbocycles. The summed E-state index contributed by atoms with van der Waals surface area (Å²) in [6.45, 7) is 2.98. The Morgan fingerprint density at radius 2 is 2.00 bits per heavy atom. The molecule has 20 heavy (non-hydrogen) atoms. The van der Waals surface area contributed by atoms with Gasteiger partial charge in [0.25, 0.3) is 5.91 Å². The lowest BCUT2D eigenvalue weighted by Crippen LogP contribution is -2.51. The van der Waals surface area contributed by atoms with E-state index in [-0.39, 0.29) is 6.54 Å². The van der Waals surface area contributed by atoms with E-state index in [0.29, 0.717) is 0 Å². The molecule has 0 spiro atoms. The molecule has 0 fully saturated rings. The largest absolute Gasteiger partial charge is 0.350 e. The van der Waals surface area contributed by atoms with E-state index >= 15 is 0 Å². The molecular formula is C11H15F2N3O3S. The number of sulfonamides is 1. The molecule has 1 amide bonds. The van der Waals surface area contributed by atoms with Gasteiger partial charge in [-0.25, -0.2) is 22.5 Å². The van der Waals surface area contributed by atoms with Gasteiger partial charge in [0.1, 0.15) is 0 Å². The molecule has 0 aliphatic rings. The summed E-state index contributed by atoms with van der Waals surface area (Å²) in [5.41, 5.74) is -1.46. The minimum absolute atomic E-state index is 0.0950. The molecule has 9 heteroatoms. The SMILES string of the molecule is CC(C)(CNC(=O)c1ccnc(F)c1F)NS(C)(=O)=O. The van der Waals surface area contributed by atoms with Crippen LogP contribution in [0.4, 0.5) is 8.78 Å². The van der Waals surface area contributed by atoms with Crippen molar-refractivity contribution < 1.29 is 22.0 Å². The highest BCUT2D eigenvalue weighted by Gasteiger charge is 2.24. The van der Waals surface area contributed by atoms with E-state index in [1.54, 1.807) is 0 Å². The Bertz CT molecular complexity index is 617.